The van der Waals surface area contributed by atoms with Gasteiger partial charge >= 0.3 is 0 Å². The van der Waals surface area contributed by atoms with Gasteiger partial charge in [0, 0.05) is 29.6 Å². The van der Waals surface area contributed by atoms with Crippen LogP contribution in [0.4, 0.5) is 0 Å². The van der Waals surface area contributed by atoms with E-state index in [4.69, 9.17) is 0 Å². The van der Waals surface area contributed by atoms with E-state index in [0.717, 1.165) is 14.5 Å². The van der Waals surface area contributed by atoms with Crippen molar-refractivity contribution in [1.29, 1.82) is 0 Å². The number of hydrogen-bond acceptors (Lipinski definition) is 4. The molecule has 0 amide bonds. The molecule has 12 heavy (non-hydrogen) atoms. The summed E-state index contributed by atoms with van der Waals surface area (Å²) in [6.45, 7) is 0. The van der Waals surface area contributed by atoms with Gasteiger partial charge in [-0.25, -0.2) is 9.97 Å². The lowest BCUT2D eigenvalue weighted by molar-refractivity contribution is 0.919. The molecule has 0 saturated heterocycles. The van der Waals surface area contributed by atoms with Gasteiger partial charge < -0.3 is 4.57 Å². The van der Waals surface area contributed by atoms with Gasteiger partial charge in [-0.2, -0.15) is 4.37 Å². The molecule has 2 aromatic heterocycles. The molecule has 6 heteroatoms. The van der Waals surface area contributed by atoms with Gasteiger partial charge in [-0.3, -0.25) is 0 Å². The lowest BCUT2D eigenvalue weighted by Gasteiger charge is -1.93. The molecular formula is C6H5IN4S. The van der Waals surface area contributed by atoms with E-state index in [1.807, 2.05) is 11.6 Å². The third kappa shape index (κ3) is 1.36. The van der Waals surface area contributed by atoms with Crippen LogP contribution in [0.2, 0.25) is 0 Å². The van der Waals surface area contributed by atoms with Crippen LogP contribution in [0.5, 0.6) is 0 Å². The minimum absolute atomic E-state index is 0.786. The highest BCUT2D eigenvalue weighted by atomic mass is 127. The predicted molar refractivity (Wildman–Crippen MR) is 54.8 cm³/mol. The molecular weight excluding hydrogens is 287 g/mol. The van der Waals surface area contributed by atoms with E-state index >= 15 is 0 Å². The molecule has 0 aliphatic rings. The number of imidazole rings is 1. The maximum absolute atomic E-state index is 4.25. The molecule has 0 unspecified atom stereocenters. The Morgan fingerprint density at radius 2 is 2.42 bits per heavy atom. The van der Waals surface area contributed by atoms with Crippen molar-refractivity contribution in [2.75, 3.05) is 0 Å². The number of nitrogens with zero attached hydrogens (tertiary/aromatic N) is 4. The first-order valence-electron chi connectivity index (χ1n) is 3.23. The Labute approximate surface area is 87.0 Å². The third-order valence-corrected chi connectivity index (χ3v) is 2.98. The summed E-state index contributed by atoms with van der Waals surface area (Å²) in [7, 11) is 1.94. The maximum Gasteiger partial charge on any atom is 0.203 e. The quantitative estimate of drug-likeness (QED) is 0.749. The highest BCUT2D eigenvalue weighted by Gasteiger charge is 2.07. The van der Waals surface area contributed by atoms with Crippen LogP contribution in [0, 0.1) is 3.83 Å². The largest absolute Gasteiger partial charge is 0.332 e. The van der Waals surface area contributed by atoms with E-state index in [1.165, 1.54) is 11.5 Å². The van der Waals surface area contributed by atoms with Gasteiger partial charge in [0.25, 0.3) is 0 Å². The molecule has 2 aromatic rings. The smallest absolute Gasteiger partial charge is 0.203 e. The zero-order valence-electron chi connectivity index (χ0n) is 6.23. The summed E-state index contributed by atoms with van der Waals surface area (Å²) in [5, 5.41) is 0.916. The number of hydrogen-bond donors (Lipinski definition) is 0. The average molecular weight is 292 g/mol. The molecule has 0 bridgehead atoms. The van der Waals surface area contributed by atoms with Crippen LogP contribution >= 0.6 is 34.1 Å². The monoisotopic (exact) mass is 292 g/mol. The normalized spacial score (nSPS) is 10.5. The van der Waals surface area contributed by atoms with Crippen molar-refractivity contribution >= 4 is 34.1 Å². The topological polar surface area (TPSA) is 43.6 Å². The first kappa shape index (κ1) is 8.11. The first-order valence-corrected chi connectivity index (χ1v) is 5.08. The van der Waals surface area contributed by atoms with Gasteiger partial charge in [0.15, 0.2) is 5.01 Å². The summed E-state index contributed by atoms with van der Waals surface area (Å²) in [5.41, 5.74) is 1.01. The number of rotatable bonds is 1. The molecule has 2 rings (SSSR count). The number of halogens is 1. The van der Waals surface area contributed by atoms with Crippen molar-refractivity contribution in [3.8, 4) is 10.7 Å². The SMILES string of the molecule is Cn1cncc1-c1nc(I)ns1. The van der Waals surface area contributed by atoms with Crippen LogP contribution in [0.1, 0.15) is 0 Å². The Hall–Kier alpha value is -0.500. The Morgan fingerprint density at radius 1 is 1.58 bits per heavy atom. The van der Waals surface area contributed by atoms with Crippen molar-refractivity contribution in [2.45, 2.75) is 0 Å². The zero-order valence-corrected chi connectivity index (χ0v) is 9.20. The van der Waals surface area contributed by atoms with E-state index < -0.39 is 0 Å². The second kappa shape index (κ2) is 3.09. The van der Waals surface area contributed by atoms with Crippen LogP contribution in [-0.2, 0) is 7.05 Å². The molecule has 62 valence electrons. The molecule has 2 heterocycles. The fourth-order valence-corrected chi connectivity index (χ4v) is 2.19. The third-order valence-electron chi connectivity index (χ3n) is 1.44. The molecule has 0 radical (unpaired) electrons. The Balaban J connectivity index is 2.50. The van der Waals surface area contributed by atoms with E-state index in [-0.39, 0.29) is 0 Å². The maximum atomic E-state index is 4.25. The van der Waals surface area contributed by atoms with Crippen molar-refractivity contribution in [3.05, 3.63) is 16.4 Å². The van der Waals surface area contributed by atoms with Crippen LogP contribution in [0.25, 0.3) is 10.7 Å². The lowest BCUT2D eigenvalue weighted by atomic mass is 10.5. The average Bonchev–Trinajstić information content (AvgIpc) is 2.58. The molecule has 0 fully saturated rings. The minimum atomic E-state index is 0.786. The molecule has 0 aliphatic heterocycles. The number of aryl methyl sites for hydroxylation is 1. The molecule has 0 N–H and O–H groups in total. The van der Waals surface area contributed by atoms with Gasteiger partial charge in [0.05, 0.1) is 18.2 Å². The first-order chi connectivity index (χ1) is 5.77. The second-order valence-corrected chi connectivity index (χ2v) is 3.98. The zero-order chi connectivity index (χ0) is 8.55. The summed E-state index contributed by atoms with van der Waals surface area (Å²) < 4.78 is 6.80. The molecule has 0 aromatic carbocycles. The lowest BCUT2D eigenvalue weighted by Crippen LogP contribution is -1.88. The van der Waals surface area contributed by atoms with Crippen LogP contribution in [0.15, 0.2) is 12.5 Å². The standard InChI is InChI=1S/C6H5IN4S/c1-11-3-8-2-4(11)5-9-6(7)10-12-5/h2-3H,1H3. The minimum Gasteiger partial charge on any atom is -0.332 e. The summed E-state index contributed by atoms with van der Waals surface area (Å²) in [6, 6.07) is 0. The highest BCUT2D eigenvalue weighted by Crippen LogP contribution is 2.20. The molecule has 0 aliphatic carbocycles. The van der Waals surface area contributed by atoms with Crippen LogP contribution < -0.4 is 0 Å². The van der Waals surface area contributed by atoms with E-state index in [2.05, 4.69) is 36.9 Å². The fraction of sp³-hybridized carbons (Fsp3) is 0.167. The highest BCUT2D eigenvalue weighted by molar-refractivity contribution is 14.1. The van der Waals surface area contributed by atoms with Gasteiger partial charge in [0.2, 0.25) is 3.83 Å². The van der Waals surface area contributed by atoms with Crippen molar-refractivity contribution in [1.82, 2.24) is 18.9 Å². The molecule has 0 atom stereocenters. The Bertz CT molecular complexity index is 394. The molecule has 4 nitrogen and oxygen atoms in total. The van der Waals surface area contributed by atoms with Gasteiger partial charge in [0.1, 0.15) is 0 Å². The second-order valence-electron chi connectivity index (χ2n) is 2.26. The summed E-state index contributed by atoms with van der Waals surface area (Å²) in [6.07, 6.45) is 3.54. The summed E-state index contributed by atoms with van der Waals surface area (Å²) in [5.74, 6) is 0. The number of aromatic nitrogens is 4. The van der Waals surface area contributed by atoms with E-state index in [1.54, 1.807) is 12.5 Å². The fourth-order valence-electron chi connectivity index (χ4n) is 0.873. The van der Waals surface area contributed by atoms with E-state index in [0.29, 0.717) is 0 Å². The van der Waals surface area contributed by atoms with Crippen molar-refractivity contribution in [3.63, 3.8) is 0 Å². The van der Waals surface area contributed by atoms with Crippen molar-refractivity contribution in [2.24, 2.45) is 7.05 Å². The van der Waals surface area contributed by atoms with E-state index in [9.17, 15) is 0 Å². The van der Waals surface area contributed by atoms with Crippen molar-refractivity contribution < 1.29 is 0 Å². The summed E-state index contributed by atoms with van der Waals surface area (Å²) in [4.78, 5) is 8.25. The molecule has 0 spiro atoms. The van der Waals surface area contributed by atoms with Gasteiger partial charge in [-0.1, -0.05) is 0 Å². The van der Waals surface area contributed by atoms with Gasteiger partial charge in [-0.05, 0) is 11.5 Å². The predicted octanol–water partition coefficient (Wildman–Crippen LogP) is 1.54. The Morgan fingerprint density at radius 3 is 2.92 bits per heavy atom. The van der Waals surface area contributed by atoms with Crippen LogP contribution in [0.3, 0.4) is 0 Å². The summed E-state index contributed by atoms with van der Waals surface area (Å²) >= 11 is 3.49. The van der Waals surface area contributed by atoms with Gasteiger partial charge in [-0.15, -0.1) is 0 Å². The Kier molecular flexibility index (Phi) is 2.09. The molecule has 0 saturated carbocycles. The van der Waals surface area contributed by atoms with Crippen LogP contribution in [-0.4, -0.2) is 18.9 Å².